The van der Waals surface area contributed by atoms with Crippen molar-refractivity contribution in [3.63, 3.8) is 0 Å². The second kappa shape index (κ2) is 12.3. The minimum absolute atomic E-state index is 0.646. The third kappa shape index (κ3) is 6.11. The van der Waals surface area contributed by atoms with Crippen LogP contribution in [0, 0.1) is 0 Å². The van der Waals surface area contributed by atoms with Crippen molar-refractivity contribution in [1.29, 1.82) is 0 Å². The Balaban J connectivity index is 0.00000141. The fourth-order valence-corrected chi connectivity index (χ4v) is 4.58. The molecule has 0 amide bonds. The molecule has 4 rings (SSSR count). The van der Waals surface area contributed by atoms with E-state index in [0.717, 1.165) is 61.4 Å². The number of piperazine rings is 1. The number of hydrogen-bond donors (Lipinski definition) is 3. The van der Waals surface area contributed by atoms with Gasteiger partial charge in [-0.25, -0.2) is 9.97 Å². The zero-order valence-corrected chi connectivity index (χ0v) is 19.4. The minimum Gasteiger partial charge on any atom is -0.400 e. The smallest absolute Gasteiger partial charge is 0.138 e. The van der Waals surface area contributed by atoms with Gasteiger partial charge in [0.1, 0.15) is 17.0 Å². The number of hydrogen-bond acceptors (Lipinski definition) is 7. The van der Waals surface area contributed by atoms with Crippen LogP contribution < -0.4 is 10.6 Å². The van der Waals surface area contributed by atoms with Gasteiger partial charge in [-0.15, -0.1) is 11.3 Å². The van der Waals surface area contributed by atoms with Crippen molar-refractivity contribution in [2.75, 3.05) is 45.2 Å². The Labute approximate surface area is 194 Å². The summed E-state index contributed by atoms with van der Waals surface area (Å²) in [6.07, 6.45) is 7.16. The highest BCUT2D eigenvalue weighted by Crippen LogP contribution is 2.35. The molecule has 0 radical (unpaired) electrons. The quantitative estimate of drug-likeness (QED) is 0.450. The number of aromatic nitrogens is 2. The van der Waals surface area contributed by atoms with Crippen LogP contribution in [0.1, 0.15) is 5.56 Å². The molecule has 3 heterocycles. The molecule has 0 spiro atoms. The largest absolute Gasteiger partial charge is 0.400 e. The van der Waals surface area contributed by atoms with Crippen LogP contribution in [0.2, 0.25) is 0 Å². The number of fused-ring (bicyclic) bond motifs is 1. The number of benzene rings is 1. The van der Waals surface area contributed by atoms with Gasteiger partial charge in [-0.3, -0.25) is 4.90 Å². The van der Waals surface area contributed by atoms with Crippen molar-refractivity contribution in [1.82, 2.24) is 20.2 Å². The van der Waals surface area contributed by atoms with E-state index in [1.54, 1.807) is 23.7 Å². The van der Waals surface area contributed by atoms with E-state index in [4.69, 9.17) is 5.11 Å². The molecule has 2 aromatic heterocycles. The molecule has 168 valence electrons. The van der Waals surface area contributed by atoms with Gasteiger partial charge in [0, 0.05) is 51.3 Å². The SMILES string of the molecule is C=C/C=C(\C=C)CNc1ncnc2sc(-c3ccc(CN4CCNCC4)cc3)cc12.CO. The van der Waals surface area contributed by atoms with Gasteiger partial charge < -0.3 is 15.7 Å². The topological polar surface area (TPSA) is 73.3 Å². The standard InChI is InChI=1S/C24H27N5S.CH4O/c1-3-5-18(4-2)15-26-23-21-14-22(30-24(21)28-17-27-23)20-8-6-19(7-9-20)16-29-12-10-25-11-13-29;1-2/h3-9,14,17,25H,1-2,10-13,15-16H2,(H,26,27,28);2H,1H3/b18-5+;. The molecule has 1 saturated heterocycles. The van der Waals surface area contributed by atoms with E-state index in [2.05, 4.69) is 69.0 Å². The average Bonchev–Trinajstić information content (AvgIpc) is 3.29. The molecule has 0 atom stereocenters. The van der Waals surface area contributed by atoms with Crippen molar-refractivity contribution in [3.05, 3.63) is 79.2 Å². The van der Waals surface area contributed by atoms with Gasteiger partial charge >= 0.3 is 0 Å². The van der Waals surface area contributed by atoms with Crippen molar-refractivity contribution >= 4 is 27.4 Å². The number of nitrogens with one attached hydrogen (secondary N) is 2. The Kier molecular flexibility index (Phi) is 9.13. The van der Waals surface area contributed by atoms with E-state index in [9.17, 15) is 0 Å². The number of rotatable bonds is 8. The zero-order chi connectivity index (χ0) is 22.8. The maximum absolute atomic E-state index is 7.00. The van der Waals surface area contributed by atoms with Gasteiger partial charge in [-0.05, 0) is 22.8 Å². The third-order valence-electron chi connectivity index (χ3n) is 5.24. The summed E-state index contributed by atoms with van der Waals surface area (Å²) in [5.74, 6) is 0.842. The maximum atomic E-state index is 7.00. The van der Waals surface area contributed by atoms with Crippen LogP contribution in [-0.4, -0.2) is 59.8 Å². The zero-order valence-electron chi connectivity index (χ0n) is 18.6. The second-order valence-corrected chi connectivity index (χ2v) is 8.34. The van der Waals surface area contributed by atoms with Crippen LogP contribution in [0.25, 0.3) is 20.7 Å². The summed E-state index contributed by atoms with van der Waals surface area (Å²) in [5, 5.41) is 14.9. The molecule has 7 heteroatoms. The fourth-order valence-electron chi connectivity index (χ4n) is 3.58. The van der Waals surface area contributed by atoms with E-state index in [-0.39, 0.29) is 0 Å². The molecular formula is C25H31N5OS. The first-order chi connectivity index (χ1) is 15.8. The van der Waals surface area contributed by atoms with E-state index in [1.165, 1.54) is 16.0 Å². The normalized spacial score (nSPS) is 14.5. The Morgan fingerprint density at radius 2 is 1.94 bits per heavy atom. The molecular weight excluding hydrogens is 418 g/mol. The number of aliphatic hydroxyl groups is 1. The first-order valence-corrected chi connectivity index (χ1v) is 11.5. The van der Waals surface area contributed by atoms with Crippen molar-refractivity contribution in [2.24, 2.45) is 0 Å². The first-order valence-electron chi connectivity index (χ1n) is 10.7. The molecule has 6 nitrogen and oxygen atoms in total. The lowest BCUT2D eigenvalue weighted by Crippen LogP contribution is -2.42. The van der Waals surface area contributed by atoms with Crippen LogP contribution >= 0.6 is 11.3 Å². The molecule has 0 bridgehead atoms. The lowest BCUT2D eigenvalue weighted by atomic mass is 10.1. The average molecular weight is 450 g/mol. The summed E-state index contributed by atoms with van der Waals surface area (Å²) >= 11 is 1.70. The van der Waals surface area contributed by atoms with E-state index in [0.29, 0.717) is 6.54 Å². The molecule has 0 aliphatic carbocycles. The Bertz CT molecular complexity index is 1050. The van der Waals surface area contributed by atoms with Gasteiger partial charge in [0.05, 0.1) is 5.39 Å². The highest BCUT2D eigenvalue weighted by molar-refractivity contribution is 7.21. The van der Waals surface area contributed by atoms with Gasteiger partial charge in [0.2, 0.25) is 0 Å². The van der Waals surface area contributed by atoms with Crippen LogP contribution in [0.15, 0.2) is 73.6 Å². The first kappa shape index (κ1) is 23.8. The molecule has 0 unspecified atom stereocenters. The summed E-state index contributed by atoms with van der Waals surface area (Å²) in [5.41, 5.74) is 3.63. The molecule has 1 aromatic carbocycles. The summed E-state index contributed by atoms with van der Waals surface area (Å²) in [4.78, 5) is 13.6. The van der Waals surface area contributed by atoms with Crippen molar-refractivity contribution < 1.29 is 5.11 Å². The summed E-state index contributed by atoms with van der Waals surface area (Å²) < 4.78 is 0. The van der Waals surface area contributed by atoms with Crippen LogP contribution in [0.3, 0.4) is 0 Å². The molecule has 1 aliphatic rings. The lowest BCUT2D eigenvalue weighted by molar-refractivity contribution is 0.233. The predicted molar refractivity (Wildman–Crippen MR) is 136 cm³/mol. The maximum Gasteiger partial charge on any atom is 0.138 e. The predicted octanol–water partition coefficient (Wildman–Crippen LogP) is 4.08. The monoisotopic (exact) mass is 449 g/mol. The Morgan fingerprint density at radius 3 is 2.62 bits per heavy atom. The molecule has 0 saturated carbocycles. The van der Waals surface area contributed by atoms with Crippen molar-refractivity contribution in [2.45, 2.75) is 6.54 Å². The molecule has 3 N–H and O–H groups in total. The van der Waals surface area contributed by atoms with Crippen LogP contribution in [0.4, 0.5) is 5.82 Å². The minimum atomic E-state index is 0.646. The van der Waals surface area contributed by atoms with Gasteiger partial charge in [-0.2, -0.15) is 0 Å². The number of thiophene rings is 1. The summed E-state index contributed by atoms with van der Waals surface area (Å²) in [6.45, 7) is 13.6. The number of nitrogens with zero attached hydrogens (tertiary/aromatic N) is 3. The molecule has 32 heavy (non-hydrogen) atoms. The van der Waals surface area contributed by atoms with Crippen LogP contribution in [-0.2, 0) is 6.54 Å². The number of aliphatic hydroxyl groups excluding tert-OH is 1. The van der Waals surface area contributed by atoms with Gasteiger partial charge in [-0.1, -0.05) is 55.7 Å². The molecule has 1 aliphatic heterocycles. The Hall–Kier alpha value is -2.84. The number of anilines is 1. The van der Waals surface area contributed by atoms with E-state index in [1.807, 2.05) is 12.2 Å². The van der Waals surface area contributed by atoms with E-state index < -0.39 is 0 Å². The third-order valence-corrected chi connectivity index (χ3v) is 6.33. The summed E-state index contributed by atoms with van der Waals surface area (Å²) in [7, 11) is 1.00. The number of allylic oxidation sites excluding steroid dienone is 2. The highest BCUT2D eigenvalue weighted by atomic mass is 32.1. The Morgan fingerprint density at radius 1 is 1.19 bits per heavy atom. The second-order valence-electron chi connectivity index (χ2n) is 7.31. The highest BCUT2D eigenvalue weighted by Gasteiger charge is 2.12. The van der Waals surface area contributed by atoms with Gasteiger partial charge in [0.25, 0.3) is 0 Å². The fraction of sp³-hybridized carbons (Fsp3) is 0.280. The van der Waals surface area contributed by atoms with E-state index >= 15 is 0 Å². The lowest BCUT2D eigenvalue weighted by Gasteiger charge is -2.27. The van der Waals surface area contributed by atoms with Crippen LogP contribution in [0.5, 0.6) is 0 Å². The van der Waals surface area contributed by atoms with Gasteiger partial charge in [0.15, 0.2) is 0 Å². The summed E-state index contributed by atoms with van der Waals surface area (Å²) in [6, 6.07) is 11.1. The van der Waals surface area contributed by atoms with Crippen molar-refractivity contribution in [3.8, 4) is 10.4 Å². The molecule has 3 aromatic rings. The molecule has 1 fully saturated rings.